The van der Waals surface area contributed by atoms with Crippen LogP contribution in [0.5, 0.6) is 0 Å². The molecule has 1 aliphatic carbocycles. The molecule has 1 fully saturated rings. The molecule has 0 atom stereocenters. The lowest BCUT2D eigenvalue weighted by Crippen LogP contribution is -2.45. The highest BCUT2D eigenvalue weighted by molar-refractivity contribution is 5.86. The summed E-state index contributed by atoms with van der Waals surface area (Å²) >= 11 is 0. The first-order valence-corrected chi connectivity index (χ1v) is 4.33. The molecule has 0 saturated heterocycles. The number of carbonyl (C=O) groups excluding carboxylic acids is 1. The summed E-state index contributed by atoms with van der Waals surface area (Å²) in [4.78, 5) is 13.2. The van der Waals surface area contributed by atoms with Gasteiger partial charge in [0.2, 0.25) is 5.91 Å². The minimum absolute atomic E-state index is 0.00116. The second-order valence-electron chi connectivity index (χ2n) is 3.37. The molecule has 0 N–H and O–H groups in total. The van der Waals surface area contributed by atoms with Crippen molar-refractivity contribution in [3.8, 4) is 6.07 Å². The molecule has 1 saturated carbocycles. The largest absolute Gasteiger partial charge is 0.345 e. The normalized spacial score (nSPS) is 19.1. The third-order valence-corrected chi connectivity index (χ3v) is 2.65. The fourth-order valence-corrected chi connectivity index (χ4v) is 1.41. The van der Waals surface area contributed by atoms with Gasteiger partial charge in [-0.05, 0) is 26.2 Å². The van der Waals surface area contributed by atoms with Crippen LogP contribution in [-0.2, 0) is 4.79 Å². The van der Waals surface area contributed by atoms with Gasteiger partial charge in [-0.1, -0.05) is 0 Å². The minimum atomic E-state index is -0.662. The molecule has 0 spiro atoms. The first-order chi connectivity index (χ1) is 5.66. The second-order valence-corrected chi connectivity index (χ2v) is 3.37. The number of hydrogen-bond donors (Lipinski definition) is 0. The number of rotatable bonds is 2. The van der Waals surface area contributed by atoms with E-state index in [9.17, 15) is 4.79 Å². The van der Waals surface area contributed by atoms with E-state index in [1.165, 1.54) is 0 Å². The van der Waals surface area contributed by atoms with Crippen LogP contribution in [-0.4, -0.2) is 24.4 Å². The summed E-state index contributed by atoms with van der Waals surface area (Å²) in [6.07, 6.45) is 2.50. The Labute approximate surface area is 73.0 Å². The molecular formula is C9H14N2O. The maximum absolute atomic E-state index is 11.6. The van der Waals surface area contributed by atoms with Crippen LogP contribution in [0, 0.1) is 16.7 Å². The van der Waals surface area contributed by atoms with Crippen molar-refractivity contribution in [1.29, 1.82) is 5.26 Å². The summed E-state index contributed by atoms with van der Waals surface area (Å²) < 4.78 is 0. The van der Waals surface area contributed by atoms with Gasteiger partial charge in [-0.25, -0.2) is 0 Å². The second kappa shape index (κ2) is 3.14. The molecule has 0 aromatic carbocycles. The summed E-state index contributed by atoms with van der Waals surface area (Å²) in [6.45, 7) is 2.60. The van der Waals surface area contributed by atoms with Gasteiger partial charge in [-0.3, -0.25) is 4.79 Å². The average Bonchev–Trinajstić information content (AvgIpc) is 2.02. The van der Waals surface area contributed by atoms with E-state index in [0.717, 1.165) is 19.3 Å². The Hall–Kier alpha value is -1.04. The van der Waals surface area contributed by atoms with Crippen molar-refractivity contribution in [3.63, 3.8) is 0 Å². The number of nitriles is 1. The van der Waals surface area contributed by atoms with Gasteiger partial charge in [0.05, 0.1) is 6.07 Å². The van der Waals surface area contributed by atoms with Crippen molar-refractivity contribution in [3.05, 3.63) is 0 Å². The summed E-state index contributed by atoms with van der Waals surface area (Å²) in [5.41, 5.74) is -0.662. The fourth-order valence-electron chi connectivity index (χ4n) is 1.41. The van der Waals surface area contributed by atoms with E-state index in [0.29, 0.717) is 6.54 Å². The highest BCUT2D eigenvalue weighted by atomic mass is 16.2. The minimum Gasteiger partial charge on any atom is -0.345 e. The van der Waals surface area contributed by atoms with Gasteiger partial charge >= 0.3 is 0 Å². The van der Waals surface area contributed by atoms with Crippen molar-refractivity contribution in [1.82, 2.24) is 4.90 Å². The molecule has 3 nitrogen and oxygen atoms in total. The highest BCUT2D eigenvalue weighted by Crippen LogP contribution is 2.41. The highest BCUT2D eigenvalue weighted by Gasteiger charge is 2.45. The maximum atomic E-state index is 11.6. The Morgan fingerprint density at radius 2 is 2.25 bits per heavy atom. The zero-order valence-electron chi connectivity index (χ0n) is 7.63. The lowest BCUT2D eigenvalue weighted by atomic mass is 9.69. The maximum Gasteiger partial charge on any atom is 0.242 e. The molecule has 1 aliphatic rings. The molecule has 3 heteroatoms. The monoisotopic (exact) mass is 166 g/mol. The van der Waals surface area contributed by atoms with Gasteiger partial charge in [0.15, 0.2) is 0 Å². The van der Waals surface area contributed by atoms with Crippen LogP contribution in [0.25, 0.3) is 0 Å². The van der Waals surface area contributed by atoms with Gasteiger partial charge in [-0.15, -0.1) is 0 Å². The van der Waals surface area contributed by atoms with Crippen LogP contribution >= 0.6 is 0 Å². The standard InChI is InChI=1S/C9H14N2O/c1-3-11(2)8(12)9(7-10)5-4-6-9/h3-6H2,1-2H3. The molecular weight excluding hydrogens is 152 g/mol. The molecule has 0 heterocycles. The van der Waals surface area contributed by atoms with E-state index in [1.807, 2.05) is 6.92 Å². The van der Waals surface area contributed by atoms with Crippen LogP contribution < -0.4 is 0 Å². The zero-order valence-corrected chi connectivity index (χ0v) is 7.63. The van der Waals surface area contributed by atoms with Gasteiger partial charge in [0.1, 0.15) is 5.41 Å². The van der Waals surface area contributed by atoms with Crippen molar-refractivity contribution in [2.75, 3.05) is 13.6 Å². The van der Waals surface area contributed by atoms with Gasteiger partial charge in [0.25, 0.3) is 0 Å². The van der Waals surface area contributed by atoms with Crippen molar-refractivity contribution < 1.29 is 4.79 Å². The number of carbonyl (C=O) groups is 1. The molecule has 0 aromatic rings. The van der Waals surface area contributed by atoms with Crippen LogP contribution in [0.1, 0.15) is 26.2 Å². The van der Waals surface area contributed by atoms with Gasteiger partial charge < -0.3 is 4.90 Å². The molecule has 1 amide bonds. The summed E-state index contributed by atoms with van der Waals surface area (Å²) in [7, 11) is 1.75. The van der Waals surface area contributed by atoms with Gasteiger partial charge in [0, 0.05) is 13.6 Å². The van der Waals surface area contributed by atoms with Gasteiger partial charge in [-0.2, -0.15) is 5.26 Å². The molecule has 1 rings (SSSR count). The third-order valence-electron chi connectivity index (χ3n) is 2.65. The fraction of sp³-hybridized carbons (Fsp3) is 0.778. The van der Waals surface area contributed by atoms with Crippen LogP contribution in [0.2, 0.25) is 0 Å². The molecule has 0 aromatic heterocycles. The number of nitrogens with zero attached hydrogens (tertiary/aromatic N) is 2. The summed E-state index contributed by atoms with van der Waals surface area (Å²) in [6, 6.07) is 2.14. The van der Waals surface area contributed by atoms with Crippen molar-refractivity contribution in [2.45, 2.75) is 26.2 Å². The SMILES string of the molecule is CCN(C)C(=O)C1(C#N)CCC1. The van der Waals surface area contributed by atoms with Crippen LogP contribution in [0.4, 0.5) is 0 Å². The predicted octanol–water partition coefficient (Wildman–Crippen LogP) is 1.16. The van der Waals surface area contributed by atoms with E-state index >= 15 is 0 Å². The number of hydrogen-bond acceptors (Lipinski definition) is 2. The Bertz CT molecular complexity index is 225. The van der Waals surface area contributed by atoms with E-state index < -0.39 is 5.41 Å². The van der Waals surface area contributed by atoms with E-state index in [-0.39, 0.29) is 5.91 Å². The Morgan fingerprint density at radius 3 is 2.50 bits per heavy atom. The lowest BCUT2D eigenvalue weighted by Gasteiger charge is -2.36. The van der Waals surface area contributed by atoms with E-state index in [4.69, 9.17) is 5.26 Å². The molecule has 0 aliphatic heterocycles. The number of amides is 1. The topological polar surface area (TPSA) is 44.1 Å². The molecule has 0 bridgehead atoms. The Balaban J connectivity index is 2.68. The first kappa shape index (κ1) is 9.05. The quantitative estimate of drug-likeness (QED) is 0.617. The molecule has 0 radical (unpaired) electrons. The summed E-state index contributed by atoms with van der Waals surface area (Å²) in [5.74, 6) is -0.00116. The van der Waals surface area contributed by atoms with E-state index in [2.05, 4.69) is 6.07 Å². The first-order valence-electron chi connectivity index (χ1n) is 4.33. The Morgan fingerprint density at radius 1 is 1.67 bits per heavy atom. The Kier molecular flexibility index (Phi) is 2.37. The molecule has 12 heavy (non-hydrogen) atoms. The smallest absolute Gasteiger partial charge is 0.242 e. The van der Waals surface area contributed by atoms with Crippen LogP contribution in [0.3, 0.4) is 0 Å². The molecule has 66 valence electrons. The van der Waals surface area contributed by atoms with Crippen molar-refractivity contribution in [2.24, 2.45) is 5.41 Å². The lowest BCUT2D eigenvalue weighted by molar-refractivity contribution is -0.141. The summed E-state index contributed by atoms with van der Waals surface area (Å²) in [5, 5.41) is 8.85. The molecule has 0 unspecified atom stereocenters. The zero-order chi connectivity index (χ0) is 9.19. The average molecular weight is 166 g/mol. The van der Waals surface area contributed by atoms with Crippen LogP contribution in [0.15, 0.2) is 0 Å². The predicted molar refractivity (Wildman–Crippen MR) is 45.2 cm³/mol. The van der Waals surface area contributed by atoms with E-state index in [1.54, 1.807) is 11.9 Å². The third kappa shape index (κ3) is 1.18. The van der Waals surface area contributed by atoms with Crippen molar-refractivity contribution >= 4 is 5.91 Å².